The molecule has 6 nitrogen and oxygen atoms in total. The molecule has 0 saturated heterocycles. The zero-order valence-electron chi connectivity index (χ0n) is 12.8. The number of aliphatic hydroxyl groups excluding tert-OH is 1. The molecule has 0 aromatic carbocycles. The quantitative estimate of drug-likeness (QED) is 0.782. The number of hydrogen-bond acceptors (Lipinski definition) is 5. The Bertz CT molecular complexity index is 593. The second-order valence-electron chi connectivity index (χ2n) is 5.06. The van der Waals surface area contributed by atoms with Gasteiger partial charge in [0, 0.05) is 6.07 Å². The largest absolute Gasteiger partial charge is 0.394 e. The Morgan fingerprint density at radius 1 is 1.55 bits per heavy atom. The van der Waals surface area contributed by atoms with Gasteiger partial charge in [-0.25, -0.2) is 4.68 Å². The summed E-state index contributed by atoms with van der Waals surface area (Å²) < 4.78 is 6.98. The fourth-order valence-corrected chi connectivity index (χ4v) is 2.60. The zero-order chi connectivity index (χ0) is 15.9. The highest BCUT2D eigenvalue weighted by molar-refractivity contribution is 7.13. The summed E-state index contributed by atoms with van der Waals surface area (Å²) in [6, 6.07) is 5.74. The van der Waals surface area contributed by atoms with Crippen molar-refractivity contribution in [3.05, 3.63) is 23.6 Å². The van der Waals surface area contributed by atoms with E-state index in [0.717, 1.165) is 10.6 Å². The number of hydrogen-bond donors (Lipinski definition) is 2. The maximum atomic E-state index is 12.0. The van der Waals surface area contributed by atoms with Crippen molar-refractivity contribution < 1.29 is 14.6 Å². The average Bonchev–Trinajstić information content (AvgIpc) is 3.09. The lowest BCUT2D eigenvalue weighted by Crippen LogP contribution is -2.18. The second kappa shape index (κ2) is 8.07. The molecule has 0 spiro atoms. The normalized spacial score (nSPS) is 11.1. The number of nitrogens with one attached hydrogen (secondary N) is 1. The molecule has 0 aliphatic carbocycles. The molecule has 0 aliphatic heterocycles. The van der Waals surface area contributed by atoms with E-state index in [9.17, 15) is 4.79 Å². The van der Waals surface area contributed by atoms with E-state index in [1.165, 1.54) is 0 Å². The maximum Gasteiger partial charge on any atom is 0.227 e. The molecule has 2 heterocycles. The summed E-state index contributed by atoms with van der Waals surface area (Å²) in [5, 5.41) is 18.4. The fraction of sp³-hybridized carbons (Fsp3) is 0.467. The molecular formula is C15H21N3O3S. The van der Waals surface area contributed by atoms with Crippen molar-refractivity contribution >= 4 is 23.1 Å². The third-order valence-electron chi connectivity index (χ3n) is 2.91. The predicted octanol–water partition coefficient (Wildman–Crippen LogP) is 2.36. The molecule has 120 valence electrons. The first kappa shape index (κ1) is 16.7. The first-order valence-electron chi connectivity index (χ1n) is 7.24. The smallest absolute Gasteiger partial charge is 0.227 e. The van der Waals surface area contributed by atoms with E-state index >= 15 is 0 Å². The summed E-state index contributed by atoms with van der Waals surface area (Å²) in [5.74, 6) is 0.462. The van der Waals surface area contributed by atoms with Gasteiger partial charge in [-0.1, -0.05) is 6.07 Å². The van der Waals surface area contributed by atoms with Gasteiger partial charge in [-0.3, -0.25) is 4.79 Å². The lowest BCUT2D eigenvalue weighted by atomic mass is 10.3. The van der Waals surface area contributed by atoms with Crippen LogP contribution in [0.2, 0.25) is 0 Å². The number of amides is 1. The van der Waals surface area contributed by atoms with Crippen molar-refractivity contribution in [2.24, 2.45) is 0 Å². The summed E-state index contributed by atoms with van der Waals surface area (Å²) in [6.45, 7) is 4.55. The van der Waals surface area contributed by atoms with Crippen LogP contribution in [0.4, 0.5) is 5.82 Å². The highest BCUT2D eigenvalue weighted by atomic mass is 32.1. The number of anilines is 1. The number of ether oxygens (including phenoxy) is 1. The third kappa shape index (κ3) is 4.66. The molecule has 2 aromatic rings. The molecule has 0 saturated carbocycles. The number of aliphatic hydroxyl groups is 1. The zero-order valence-corrected chi connectivity index (χ0v) is 13.6. The maximum absolute atomic E-state index is 12.0. The molecule has 22 heavy (non-hydrogen) atoms. The number of nitrogens with zero attached hydrogens (tertiary/aromatic N) is 2. The number of carbonyl (C=O) groups excluding carboxylic acids is 1. The van der Waals surface area contributed by atoms with Gasteiger partial charge in [0.2, 0.25) is 5.91 Å². The van der Waals surface area contributed by atoms with Crippen LogP contribution in [0, 0.1) is 0 Å². The molecule has 2 N–H and O–H groups in total. The van der Waals surface area contributed by atoms with Gasteiger partial charge in [0.05, 0.1) is 37.2 Å². The Labute approximate surface area is 133 Å². The first-order valence-corrected chi connectivity index (χ1v) is 8.12. The summed E-state index contributed by atoms with van der Waals surface area (Å²) in [5.41, 5.74) is 0.789. The Balaban J connectivity index is 2.04. The predicted molar refractivity (Wildman–Crippen MR) is 87.0 cm³/mol. The van der Waals surface area contributed by atoms with Crippen molar-refractivity contribution in [1.82, 2.24) is 9.78 Å². The van der Waals surface area contributed by atoms with Crippen LogP contribution < -0.4 is 5.32 Å². The fourth-order valence-electron chi connectivity index (χ4n) is 1.92. The van der Waals surface area contributed by atoms with Crippen LogP contribution in [0.25, 0.3) is 10.6 Å². The minimum atomic E-state index is -0.127. The van der Waals surface area contributed by atoms with Crippen molar-refractivity contribution in [1.29, 1.82) is 0 Å². The Hall–Kier alpha value is -1.70. The van der Waals surface area contributed by atoms with Crippen molar-refractivity contribution in [3.8, 4) is 10.6 Å². The molecule has 0 bridgehead atoms. The van der Waals surface area contributed by atoms with Gasteiger partial charge in [0.25, 0.3) is 0 Å². The molecule has 0 unspecified atom stereocenters. The number of rotatable bonds is 8. The molecule has 0 fully saturated rings. The lowest BCUT2D eigenvalue weighted by Gasteiger charge is -2.09. The van der Waals surface area contributed by atoms with Crippen LogP contribution in [0.3, 0.4) is 0 Å². The van der Waals surface area contributed by atoms with Crippen molar-refractivity contribution in [3.63, 3.8) is 0 Å². The third-order valence-corrected chi connectivity index (χ3v) is 3.81. The van der Waals surface area contributed by atoms with Crippen molar-refractivity contribution in [2.45, 2.75) is 32.9 Å². The Morgan fingerprint density at radius 2 is 2.36 bits per heavy atom. The first-order chi connectivity index (χ1) is 10.6. The minimum absolute atomic E-state index is 0.0368. The summed E-state index contributed by atoms with van der Waals surface area (Å²) >= 11 is 1.58. The molecule has 2 rings (SSSR count). The van der Waals surface area contributed by atoms with E-state index in [1.54, 1.807) is 16.0 Å². The van der Waals surface area contributed by atoms with Crippen LogP contribution in [-0.2, 0) is 16.1 Å². The van der Waals surface area contributed by atoms with Gasteiger partial charge in [-0.2, -0.15) is 5.10 Å². The highest BCUT2D eigenvalue weighted by Gasteiger charge is 2.12. The van der Waals surface area contributed by atoms with E-state index in [4.69, 9.17) is 9.84 Å². The molecule has 0 atom stereocenters. The van der Waals surface area contributed by atoms with E-state index in [2.05, 4.69) is 10.4 Å². The van der Waals surface area contributed by atoms with Gasteiger partial charge in [0.15, 0.2) is 0 Å². The molecule has 2 aromatic heterocycles. The van der Waals surface area contributed by atoms with Gasteiger partial charge in [0.1, 0.15) is 11.5 Å². The highest BCUT2D eigenvalue weighted by Crippen LogP contribution is 2.26. The van der Waals surface area contributed by atoms with E-state index < -0.39 is 0 Å². The summed E-state index contributed by atoms with van der Waals surface area (Å²) in [4.78, 5) is 13.0. The minimum Gasteiger partial charge on any atom is -0.394 e. The number of aromatic nitrogens is 2. The SMILES string of the molecule is CC(C)OCCC(=O)Nc1cc(-c2cccs2)nn1CCO. The topological polar surface area (TPSA) is 76.4 Å². The molecule has 7 heteroatoms. The standard InChI is InChI=1S/C15H21N3O3S/c1-11(2)21-8-5-15(20)16-14-10-12(13-4-3-9-22-13)17-18(14)6-7-19/h3-4,9-11,19H,5-8H2,1-2H3,(H,16,20). The Kier molecular flexibility index (Phi) is 6.11. The number of carbonyl (C=O) groups is 1. The Morgan fingerprint density at radius 3 is 3.00 bits per heavy atom. The van der Waals surface area contributed by atoms with Crippen LogP contribution in [0.1, 0.15) is 20.3 Å². The van der Waals surface area contributed by atoms with Crippen LogP contribution >= 0.6 is 11.3 Å². The molecule has 0 radical (unpaired) electrons. The average molecular weight is 323 g/mol. The number of thiophene rings is 1. The van der Waals surface area contributed by atoms with Gasteiger partial charge < -0.3 is 15.2 Å². The molecule has 0 aliphatic rings. The van der Waals surface area contributed by atoms with Gasteiger partial charge >= 0.3 is 0 Å². The van der Waals surface area contributed by atoms with Gasteiger partial charge in [-0.15, -0.1) is 11.3 Å². The van der Waals surface area contributed by atoms with E-state index in [1.807, 2.05) is 37.4 Å². The van der Waals surface area contributed by atoms with E-state index in [0.29, 0.717) is 19.0 Å². The van der Waals surface area contributed by atoms with Crippen LogP contribution in [-0.4, -0.2) is 40.1 Å². The van der Waals surface area contributed by atoms with Crippen molar-refractivity contribution in [2.75, 3.05) is 18.5 Å². The second-order valence-corrected chi connectivity index (χ2v) is 6.00. The van der Waals surface area contributed by atoms with Gasteiger partial charge in [-0.05, 0) is 25.3 Å². The monoisotopic (exact) mass is 323 g/mol. The molecule has 1 amide bonds. The molecular weight excluding hydrogens is 302 g/mol. The summed E-state index contributed by atoms with van der Waals surface area (Å²) in [7, 11) is 0. The lowest BCUT2D eigenvalue weighted by molar-refractivity contribution is -0.117. The van der Waals surface area contributed by atoms with Crippen LogP contribution in [0.15, 0.2) is 23.6 Å². The summed E-state index contributed by atoms with van der Waals surface area (Å²) in [6.07, 6.45) is 0.398. The van der Waals surface area contributed by atoms with Crippen LogP contribution in [0.5, 0.6) is 0 Å². The van der Waals surface area contributed by atoms with E-state index in [-0.39, 0.29) is 25.0 Å².